The number of carbonyl (C=O) groups is 1. The van der Waals surface area contributed by atoms with E-state index in [1.165, 1.54) is 18.9 Å². The fraction of sp³-hybridized carbons (Fsp3) is 0.435. The maximum Gasteiger partial charge on any atom is 0.264 e. The number of fused-ring (bicyclic) bond motifs is 2. The molecular formula is C23H24ClFN2O5S2. The Morgan fingerprint density at radius 1 is 1.00 bits per heavy atom. The van der Waals surface area contributed by atoms with Crippen molar-refractivity contribution >= 4 is 47.0 Å². The highest BCUT2D eigenvalue weighted by Crippen LogP contribution is 2.62. The minimum absolute atomic E-state index is 0.0106. The Kier molecular flexibility index (Phi) is 5.31. The molecule has 11 heteroatoms. The van der Waals surface area contributed by atoms with E-state index >= 15 is 0 Å². The van der Waals surface area contributed by atoms with Crippen molar-refractivity contribution in [2.24, 2.45) is 5.41 Å². The Morgan fingerprint density at radius 3 is 2.24 bits per heavy atom. The molecule has 0 atom stereocenters. The summed E-state index contributed by atoms with van der Waals surface area (Å²) in [6, 6.07) is 8.24. The Balaban J connectivity index is 1.55. The van der Waals surface area contributed by atoms with Crippen LogP contribution >= 0.6 is 10.7 Å². The molecule has 2 saturated carbocycles. The molecule has 34 heavy (non-hydrogen) atoms. The lowest BCUT2D eigenvalue weighted by Crippen LogP contribution is -2.40. The van der Waals surface area contributed by atoms with Gasteiger partial charge >= 0.3 is 0 Å². The van der Waals surface area contributed by atoms with Crippen LogP contribution in [0.2, 0.25) is 0 Å². The molecule has 2 aliphatic carbocycles. The lowest BCUT2D eigenvalue weighted by atomic mass is 9.66. The third-order valence-corrected chi connectivity index (χ3v) is 9.48. The Hall–Kier alpha value is -2.17. The van der Waals surface area contributed by atoms with Crippen molar-refractivity contribution in [3.8, 4) is 0 Å². The second-order valence-electron chi connectivity index (χ2n) is 9.86. The first-order valence-corrected chi connectivity index (χ1v) is 15.2. The van der Waals surface area contributed by atoms with Gasteiger partial charge in [-0.15, -0.1) is 0 Å². The number of halogens is 2. The van der Waals surface area contributed by atoms with Crippen molar-refractivity contribution < 1.29 is 26.0 Å². The maximum atomic E-state index is 14.0. The van der Waals surface area contributed by atoms with E-state index in [2.05, 4.69) is 4.72 Å². The van der Waals surface area contributed by atoms with Crippen molar-refractivity contribution in [2.45, 2.75) is 48.8 Å². The van der Waals surface area contributed by atoms with E-state index in [9.17, 15) is 26.0 Å². The SMILES string of the molecule is CS(=O)(=O)Nc1ccc2c(c1)C1(CCC3(CC3)CC1)CN2C(=O)c1ccc(F)c(S(=O)(=O)Cl)c1. The van der Waals surface area contributed by atoms with Gasteiger partial charge in [-0.3, -0.25) is 9.52 Å². The van der Waals surface area contributed by atoms with Gasteiger partial charge in [0.25, 0.3) is 15.0 Å². The molecule has 1 N–H and O–H groups in total. The van der Waals surface area contributed by atoms with Gasteiger partial charge in [0, 0.05) is 39.6 Å². The predicted molar refractivity (Wildman–Crippen MR) is 128 cm³/mol. The molecule has 0 saturated heterocycles. The highest BCUT2D eigenvalue weighted by Gasteiger charge is 2.53. The summed E-state index contributed by atoms with van der Waals surface area (Å²) in [5, 5.41) is 0. The monoisotopic (exact) mass is 526 g/mol. The molecule has 0 radical (unpaired) electrons. The second-order valence-corrected chi connectivity index (χ2v) is 14.1. The van der Waals surface area contributed by atoms with Crippen molar-refractivity contribution in [3.05, 3.63) is 53.3 Å². The Morgan fingerprint density at radius 2 is 1.65 bits per heavy atom. The zero-order chi connectivity index (χ0) is 24.5. The van der Waals surface area contributed by atoms with Crippen LogP contribution in [-0.4, -0.2) is 35.5 Å². The molecule has 2 spiro atoms. The molecule has 2 aromatic carbocycles. The van der Waals surface area contributed by atoms with Crippen LogP contribution < -0.4 is 9.62 Å². The zero-order valence-electron chi connectivity index (χ0n) is 18.5. The fourth-order valence-corrected chi connectivity index (χ4v) is 6.95. The number of hydrogen-bond acceptors (Lipinski definition) is 5. The molecule has 0 unspecified atom stereocenters. The van der Waals surface area contributed by atoms with Gasteiger partial charge in [0.15, 0.2) is 0 Å². The summed E-state index contributed by atoms with van der Waals surface area (Å²) in [4.78, 5) is 14.4. The molecular weight excluding hydrogens is 503 g/mol. The number of hydrogen-bond donors (Lipinski definition) is 1. The Labute approximate surface area is 202 Å². The van der Waals surface area contributed by atoms with Gasteiger partial charge in [-0.1, -0.05) is 0 Å². The maximum absolute atomic E-state index is 14.0. The number of rotatable bonds is 4. The van der Waals surface area contributed by atoms with Crippen LogP contribution in [0.15, 0.2) is 41.3 Å². The van der Waals surface area contributed by atoms with Crippen molar-refractivity contribution in [2.75, 3.05) is 22.4 Å². The number of sulfonamides is 1. The number of amides is 1. The highest BCUT2D eigenvalue weighted by molar-refractivity contribution is 8.13. The molecule has 2 aromatic rings. The van der Waals surface area contributed by atoms with E-state index < -0.39 is 35.7 Å². The van der Waals surface area contributed by atoms with Gasteiger partial charge in [0.2, 0.25) is 10.0 Å². The summed E-state index contributed by atoms with van der Waals surface area (Å²) in [6.45, 7) is 0.389. The standard InChI is InChI=1S/C23H24ClFN2O5S2/c1-33(29,30)26-16-3-5-19-17(13-16)23(10-8-22(6-7-22)9-11-23)14-27(19)21(28)15-2-4-18(25)20(12-15)34(24,31)32/h2-5,12-13,26H,6-11,14H2,1H3. The first kappa shape index (κ1) is 23.6. The van der Waals surface area contributed by atoms with Gasteiger partial charge < -0.3 is 4.90 Å². The van der Waals surface area contributed by atoms with E-state index in [0.29, 0.717) is 23.3 Å². The average Bonchev–Trinajstić information content (AvgIpc) is 3.44. The largest absolute Gasteiger partial charge is 0.307 e. The molecule has 0 bridgehead atoms. The Bertz CT molecular complexity index is 1410. The molecule has 3 aliphatic rings. The third-order valence-electron chi connectivity index (χ3n) is 7.53. The normalized spacial score (nSPS) is 20.4. The van der Waals surface area contributed by atoms with E-state index in [1.54, 1.807) is 23.1 Å². The molecule has 2 fully saturated rings. The number of benzene rings is 2. The van der Waals surface area contributed by atoms with Gasteiger partial charge in [-0.2, -0.15) is 0 Å². The number of anilines is 2. The first-order chi connectivity index (χ1) is 15.8. The lowest BCUT2D eigenvalue weighted by Gasteiger charge is -2.38. The lowest BCUT2D eigenvalue weighted by molar-refractivity contribution is 0.0980. The molecule has 1 aliphatic heterocycles. The molecule has 5 rings (SSSR count). The van der Waals surface area contributed by atoms with E-state index in [4.69, 9.17) is 10.7 Å². The molecule has 7 nitrogen and oxygen atoms in total. The third kappa shape index (κ3) is 4.20. The van der Waals surface area contributed by atoms with E-state index in [0.717, 1.165) is 49.6 Å². The topological polar surface area (TPSA) is 101 Å². The smallest absolute Gasteiger partial charge is 0.264 e. The van der Waals surface area contributed by atoms with E-state index in [-0.39, 0.29) is 11.0 Å². The molecule has 1 amide bonds. The molecule has 0 aromatic heterocycles. The van der Waals surface area contributed by atoms with Crippen LogP contribution in [0.5, 0.6) is 0 Å². The van der Waals surface area contributed by atoms with Crippen molar-refractivity contribution in [1.82, 2.24) is 0 Å². The summed E-state index contributed by atoms with van der Waals surface area (Å²) >= 11 is 0. The first-order valence-electron chi connectivity index (χ1n) is 11.0. The number of nitrogens with one attached hydrogen (secondary N) is 1. The van der Waals surface area contributed by atoms with Crippen molar-refractivity contribution in [3.63, 3.8) is 0 Å². The summed E-state index contributed by atoms with van der Waals surface area (Å²) in [6.07, 6.45) is 7.36. The van der Waals surface area contributed by atoms with E-state index in [1.807, 2.05) is 0 Å². The van der Waals surface area contributed by atoms with Crippen LogP contribution in [0, 0.1) is 11.2 Å². The van der Waals surface area contributed by atoms with Gasteiger partial charge in [0.1, 0.15) is 10.7 Å². The number of carbonyl (C=O) groups excluding carboxylic acids is 1. The van der Waals surface area contributed by atoms with Crippen LogP contribution in [-0.2, 0) is 24.5 Å². The zero-order valence-corrected chi connectivity index (χ0v) is 20.9. The minimum Gasteiger partial charge on any atom is -0.307 e. The van der Waals surface area contributed by atoms with Gasteiger partial charge in [-0.05, 0) is 85.9 Å². The van der Waals surface area contributed by atoms with Crippen molar-refractivity contribution in [1.29, 1.82) is 0 Å². The average molecular weight is 527 g/mol. The summed E-state index contributed by atoms with van der Waals surface area (Å²) in [7, 11) is -2.49. The summed E-state index contributed by atoms with van der Waals surface area (Å²) in [5.41, 5.74) is 2.07. The molecule has 1 heterocycles. The van der Waals surface area contributed by atoms with Gasteiger partial charge in [-0.25, -0.2) is 21.2 Å². The minimum atomic E-state index is -4.37. The van der Waals surface area contributed by atoms with Crippen LogP contribution in [0.3, 0.4) is 0 Å². The second kappa shape index (κ2) is 7.66. The summed E-state index contributed by atoms with van der Waals surface area (Å²) in [5.74, 6) is -1.49. The van der Waals surface area contributed by atoms with Crippen LogP contribution in [0.25, 0.3) is 0 Å². The fourth-order valence-electron chi connectivity index (χ4n) is 5.47. The predicted octanol–water partition coefficient (Wildman–Crippen LogP) is 4.38. The van der Waals surface area contributed by atoms with Crippen LogP contribution in [0.4, 0.5) is 15.8 Å². The number of nitrogens with zero attached hydrogens (tertiary/aromatic N) is 1. The quantitative estimate of drug-likeness (QED) is 0.596. The highest BCUT2D eigenvalue weighted by atomic mass is 35.7. The molecule has 182 valence electrons. The van der Waals surface area contributed by atoms with Crippen LogP contribution in [0.1, 0.15) is 54.4 Å². The van der Waals surface area contributed by atoms with Gasteiger partial charge in [0.05, 0.1) is 6.26 Å². The summed E-state index contributed by atoms with van der Waals surface area (Å²) < 4.78 is 63.7.